The molecule has 0 amide bonds. The molecule has 0 aromatic rings. The molecule has 0 N–H and O–H groups in total. The second-order valence-corrected chi connectivity index (χ2v) is 13.5. The Morgan fingerprint density at radius 2 is 0.865 bits per heavy atom. The topological polar surface area (TPSA) is 61.8 Å². The van der Waals surface area contributed by atoms with E-state index in [-0.39, 0.29) is 25.2 Å². The predicted octanol–water partition coefficient (Wildman–Crippen LogP) is 13.8. The van der Waals surface area contributed by atoms with Crippen molar-refractivity contribution in [1.82, 2.24) is 0 Å². The number of carbonyl (C=O) groups is 2. The Bertz CT molecular complexity index is 999. The van der Waals surface area contributed by atoms with Crippen LogP contribution in [0.3, 0.4) is 0 Å². The molecule has 0 aliphatic carbocycles. The first-order valence-corrected chi connectivity index (χ1v) is 21.1. The average molecular weight is 723 g/mol. The third-order valence-electron chi connectivity index (χ3n) is 8.43. The van der Waals surface area contributed by atoms with E-state index in [0.29, 0.717) is 19.4 Å². The Morgan fingerprint density at radius 3 is 1.38 bits per heavy atom. The summed E-state index contributed by atoms with van der Waals surface area (Å²) in [4.78, 5) is 25.0. The lowest BCUT2D eigenvalue weighted by Crippen LogP contribution is -2.30. The van der Waals surface area contributed by atoms with E-state index in [1.165, 1.54) is 38.5 Å². The van der Waals surface area contributed by atoms with Gasteiger partial charge in [-0.1, -0.05) is 164 Å². The van der Waals surface area contributed by atoms with Crippen LogP contribution < -0.4 is 0 Å². The van der Waals surface area contributed by atoms with Crippen molar-refractivity contribution in [2.75, 3.05) is 19.8 Å². The lowest BCUT2D eigenvalue weighted by molar-refractivity contribution is -0.163. The van der Waals surface area contributed by atoms with Crippen molar-refractivity contribution in [3.8, 4) is 0 Å². The van der Waals surface area contributed by atoms with Crippen LogP contribution in [0.15, 0.2) is 85.1 Å². The van der Waals surface area contributed by atoms with Crippen LogP contribution in [-0.4, -0.2) is 37.9 Å². The highest BCUT2D eigenvalue weighted by molar-refractivity contribution is 5.70. The van der Waals surface area contributed by atoms with Gasteiger partial charge < -0.3 is 14.2 Å². The van der Waals surface area contributed by atoms with Gasteiger partial charge in [-0.2, -0.15) is 0 Å². The van der Waals surface area contributed by atoms with E-state index in [2.05, 4.69) is 106 Å². The van der Waals surface area contributed by atoms with Crippen molar-refractivity contribution in [1.29, 1.82) is 0 Å². The van der Waals surface area contributed by atoms with Crippen molar-refractivity contribution < 1.29 is 23.8 Å². The number of hydrogen-bond acceptors (Lipinski definition) is 5. The summed E-state index contributed by atoms with van der Waals surface area (Å²) in [5.41, 5.74) is 0. The van der Waals surface area contributed by atoms with E-state index in [4.69, 9.17) is 14.2 Å². The maximum absolute atomic E-state index is 12.5. The Labute approximate surface area is 320 Å². The van der Waals surface area contributed by atoms with Crippen molar-refractivity contribution in [3.05, 3.63) is 85.1 Å². The highest BCUT2D eigenvalue weighted by Crippen LogP contribution is 2.12. The van der Waals surface area contributed by atoms with Crippen LogP contribution in [0.2, 0.25) is 0 Å². The molecule has 0 rings (SSSR count). The van der Waals surface area contributed by atoms with Gasteiger partial charge in [-0.15, -0.1) is 0 Å². The minimum Gasteiger partial charge on any atom is -0.462 e. The second kappa shape index (κ2) is 42.5. The van der Waals surface area contributed by atoms with Gasteiger partial charge in [0, 0.05) is 19.4 Å². The van der Waals surface area contributed by atoms with Crippen molar-refractivity contribution in [3.63, 3.8) is 0 Å². The van der Waals surface area contributed by atoms with E-state index in [0.717, 1.165) is 103 Å². The van der Waals surface area contributed by atoms with Crippen LogP contribution in [0.25, 0.3) is 0 Å². The fourth-order valence-electron chi connectivity index (χ4n) is 5.35. The molecule has 0 heterocycles. The zero-order chi connectivity index (χ0) is 37.8. The molecule has 0 fully saturated rings. The van der Waals surface area contributed by atoms with Gasteiger partial charge in [0.15, 0.2) is 6.10 Å². The number of ether oxygens (including phenoxy) is 3. The maximum Gasteiger partial charge on any atom is 0.306 e. The Balaban J connectivity index is 4.19. The van der Waals surface area contributed by atoms with Gasteiger partial charge in [0.25, 0.3) is 0 Å². The van der Waals surface area contributed by atoms with E-state index < -0.39 is 6.10 Å². The van der Waals surface area contributed by atoms with Gasteiger partial charge in [0.05, 0.1) is 6.61 Å². The van der Waals surface area contributed by atoms with Gasteiger partial charge in [0.2, 0.25) is 0 Å². The standard InChI is InChI=1S/C47H78O5/c1-4-7-10-13-15-17-19-21-23-24-25-26-28-30-32-35-37-40-46(48)51-44-45(52-47(49)41-38-34-12-9-6-3)43-50-42-39-36-33-31-29-27-22-20-18-16-14-11-8-5-2/h7-8,10-11,15-18,21-23,27,31,33,45H,4-6,9,12-14,19-20,24-26,28-30,32,34-44H2,1-3H3/b10-7-,11-8-,17-15-,18-16-,23-21-,27-22-,33-31-. The monoisotopic (exact) mass is 723 g/mol. The maximum atomic E-state index is 12.5. The van der Waals surface area contributed by atoms with Crippen LogP contribution in [0, 0.1) is 0 Å². The van der Waals surface area contributed by atoms with E-state index in [1.807, 2.05) is 0 Å². The van der Waals surface area contributed by atoms with Crippen LogP contribution in [0.1, 0.15) is 175 Å². The molecule has 52 heavy (non-hydrogen) atoms. The molecule has 1 unspecified atom stereocenters. The molecule has 0 spiro atoms. The summed E-state index contributed by atoms with van der Waals surface area (Å²) in [5, 5.41) is 0. The first-order valence-electron chi connectivity index (χ1n) is 21.1. The van der Waals surface area contributed by atoms with Crippen molar-refractivity contribution >= 4 is 11.9 Å². The highest BCUT2D eigenvalue weighted by Gasteiger charge is 2.17. The second-order valence-electron chi connectivity index (χ2n) is 13.5. The molecule has 5 heteroatoms. The van der Waals surface area contributed by atoms with Gasteiger partial charge in [-0.25, -0.2) is 0 Å². The van der Waals surface area contributed by atoms with Crippen LogP contribution >= 0.6 is 0 Å². The van der Waals surface area contributed by atoms with Crippen LogP contribution in [-0.2, 0) is 23.8 Å². The summed E-state index contributed by atoms with van der Waals surface area (Å²) >= 11 is 0. The summed E-state index contributed by atoms with van der Waals surface area (Å²) in [5.74, 6) is -0.459. The van der Waals surface area contributed by atoms with Crippen molar-refractivity contribution in [2.45, 2.75) is 181 Å². The summed E-state index contributed by atoms with van der Waals surface area (Å²) in [6.45, 7) is 7.36. The molecular weight excluding hydrogens is 645 g/mol. The van der Waals surface area contributed by atoms with Crippen LogP contribution in [0.5, 0.6) is 0 Å². The normalized spacial score (nSPS) is 13.1. The molecule has 0 aliphatic heterocycles. The summed E-state index contributed by atoms with van der Waals surface area (Å²) in [6.07, 6.45) is 54.7. The fraction of sp³-hybridized carbons (Fsp3) is 0.660. The quantitative estimate of drug-likeness (QED) is 0.0363. The minimum atomic E-state index is -0.566. The summed E-state index contributed by atoms with van der Waals surface area (Å²) < 4.78 is 17.1. The highest BCUT2D eigenvalue weighted by atomic mass is 16.6. The zero-order valence-electron chi connectivity index (χ0n) is 33.8. The van der Waals surface area contributed by atoms with E-state index in [9.17, 15) is 9.59 Å². The molecule has 5 nitrogen and oxygen atoms in total. The van der Waals surface area contributed by atoms with Gasteiger partial charge in [-0.3, -0.25) is 9.59 Å². The number of hydrogen-bond donors (Lipinski definition) is 0. The lowest BCUT2D eigenvalue weighted by Gasteiger charge is -2.18. The summed E-state index contributed by atoms with van der Waals surface area (Å²) in [6, 6.07) is 0. The molecule has 0 aromatic heterocycles. The smallest absolute Gasteiger partial charge is 0.306 e. The average Bonchev–Trinajstić information content (AvgIpc) is 3.14. The molecule has 0 aromatic carbocycles. The van der Waals surface area contributed by atoms with Gasteiger partial charge in [-0.05, 0) is 83.5 Å². The van der Waals surface area contributed by atoms with E-state index in [1.54, 1.807) is 0 Å². The number of carbonyl (C=O) groups excluding carboxylic acids is 2. The predicted molar refractivity (Wildman–Crippen MR) is 223 cm³/mol. The third kappa shape index (κ3) is 39.9. The molecule has 1 atom stereocenters. The molecule has 0 saturated heterocycles. The molecular formula is C47H78O5. The van der Waals surface area contributed by atoms with Crippen molar-refractivity contribution in [2.24, 2.45) is 0 Å². The molecule has 296 valence electrons. The minimum absolute atomic E-state index is 0.0539. The first kappa shape index (κ1) is 49.1. The Hall–Kier alpha value is -2.92. The summed E-state index contributed by atoms with van der Waals surface area (Å²) in [7, 11) is 0. The third-order valence-corrected chi connectivity index (χ3v) is 8.43. The largest absolute Gasteiger partial charge is 0.462 e. The number of esters is 2. The van der Waals surface area contributed by atoms with Gasteiger partial charge >= 0.3 is 11.9 Å². The number of unbranched alkanes of at least 4 members (excludes halogenated alkanes) is 12. The zero-order valence-corrected chi connectivity index (χ0v) is 33.8. The van der Waals surface area contributed by atoms with E-state index >= 15 is 0 Å². The first-order chi connectivity index (χ1) is 25.6. The number of rotatable bonds is 37. The molecule has 0 bridgehead atoms. The van der Waals surface area contributed by atoms with Crippen LogP contribution in [0.4, 0.5) is 0 Å². The Morgan fingerprint density at radius 1 is 0.442 bits per heavy atom. The number of allylic oxidation sites excluding steroid dienone is 14. The lowest BCUT2D eigenvalue weighted by atomic mass is 10.1. The Kier molecular flexibility index (Phi) is 40.1. The molecule has 0 aliphatic rings. The van der Waals surface area contributed by atoms with Gasteiger partial charge in [0.1, 0.15) is 6.61 Å². The molecule has 0 radical (unpaired) electrons. The SMILES string of the molecule is CC/C=C\C/C=C\C/C=C\C/C=C\CCCOCC(COC(=O)CCCCCCCCC/C=C\C/C=C\C/C=C\CC)OC(=O)CCCCCCC. The molecule has 0 saturated carbocycles. The fourth-order valence-corrected chi connectivity index (χ4v) is 5.35.